The molecule has 1 aliphatic rings. The van der Waals surface area contributed by atoms with Crippen LogP contribution in [-0.4, -0.2) is 41.1 Å². The molecule has 0 radical (unpaired) electrons. The van der Waals surface area contributed by atoms with E-state index in [1.165, 1.54) is 0 Å². The number of ether oxygens (including phenoxy) is 2. The highest BCUT2D eigenvalue weighted by Crippen LogP contribution is 2.45. The van der Waals surface area contributed by atoms with E-state index in [9.17, 15) is 23.1 Å². The standard InChI is InChI=1S/C17H23ClF3N3O4/c1-14(2,3)28-13(25)24-15(4)5-6-27-11-9(15)7-10(23-12(11)18)16(26,8-22)17(19,20)21/h7,26H,5-6,8,22H2,1-4H3,(H,24,25)/t15-,16?/m0/s1. The summed E-state index contributed by atoms with van der Waals surface area (Å²) in [6.07, 6.45) is -5.62. The number of pyridine rings is 1. The molecule has 0 aromatic carbocycles. The third-order valence-electron chi connectivity index (χ3n) is 4.34. The lowest BCUT2D eigenvalue weighted by molar-refractivity contribution is -0.263. The van der Waals surface area contributed by atoms with Crippen molar-refractivity contribution in [3.05, 3.63) is 22.5 Å². The fourth-order valence-corrected chi connectivity index (χ4v) is 3.02. The van der Waals surface area contributed by atoms with Crippen molar-refractivity contribution >= 4 is 17.7 Å². The highest BCUT2D eigenvalue weighted by molar-refractivity contribution is 6.31. The van der Waals surface area contributed by atoms with Crippen LogP contribution in [-0.2, 0) is 15.9 Å². The van der Waals surface area contributed by atoms with Gasteiger partial charge in [0, 0.05) is 18.5 Å². The van der Waals surface area contributed by atoms with Crippen LogP contribution in [0.3, 0.4) is 0 Å². The maximum Gasteiger partial charge on any atom is 0.424 e. The summed E-state index contributed by atoms with van der Waals surface area (Å²) in [5, 5.41) is 12.4. The van der Waals surface area contributed by atoms with Gasteiger partial charge in [0.15, 0.2) is 10.9 Å². The SMILES string of the molecule is CC(C)(C)OC(=O)N[C@@]1(C)CCOc2c1cc(C(O)(CN)C(F)(F)F)nc2Cl. The molecule has 11 heteroatoms. The fourth-order valence-electron chi connectivity index (χ4n) is 2.78. The van der Waals surface area contributed by atoms with E-state index in [1.807, 2.05) is 0 Å². The number of nitrogens with zero attached hydrogens (tertiary/aromatic N) is 1. The first-order valence-corrected chi connectivity index (χ1v) is 8.85. The van der Waals surface area contributed by atoms with Gasteiger partial charge in [0.05, 0.1) is 17.8 Å². The lowest BCUT2D eigenvalue weighted by atomic mass is 9.85. The lowest BCUT2D eigenvalue weighted by Gasteiger charge is -2.38. The first-order valence-electron chi connectivity index (χ1n) is 8.47. The number of fused-ring (bicyclic) bond motifs is 1. The Bertz CT molecular complexity index is 769. The molecular formula is C17H23ClF3N3O4. The van der Waals surface area contributed by atoms with E-state index in [2.05, 4.69) is 10.3 Å². The second-order valence-electron chi connectivity index (χ2n) is 7.79. The van der Waals surface area contributed by atoms with Gasteiger partial charge in [-0.05, 0) is 33.8 Å². The van der Waals surface area contributed by atoms with Gasteiger partial charge in [-0.15, -0.1) is 0 Å². The second kappa shape index (κ2) is 7.23. The van der Waals surface area contributed by atoms with Gasteiger partial charge in [0.2, 0.25) is 5.60 Å². The van der Waals surface area contributed by atoms with Crippen molar-refractivity contribution in [1.82, 2.24) is 10.3 Å². The zero-order chi connectivity index (χ0) is 21.5. The minimum absolute atomic E-state index is 0.0248. The highest BCUT2D eigenvalue weighted by Gasteiger charge is 2.56. The maximum atomic E-state index is 13.4. The fraction of sp³-hybridized carbons (Fsp3) is 0.647. The van der Waals surface area contributed by atoms with Crippen molar-refractivity contribution < 1.29 is 32.5 Å². The van der Waals surface area contributed by atoms with E-state index in [0.29, 0.717) is 0 Å². The molecule has 0 fully saturated rings. The number of hydrogen-bond acceptors (Lipinski definition) is 6. The molecule has 4 N–H and O–H groups in total. The van der Waals surface area contributed by atoms with Crippen LogP contribution in [0.2, 0.25) is 5.15 Å². The topological polar surface area (TPSA) is 107 Å². The molecule has 28 heavy (non-hydrogen) atoms. The van der Waals surface area contributed by atoms with E-state index in [1.54, 1.807) is 27.7 Å². The smallest absolute Gasteiger partial charge is 0.424 e. The maximum absolute atomic E-state index is 13.4. The number of amides is 1. The van der Waals surface area contributed by atoms with Crippen LogP contribution >= 0.6 is 11.6 Å². The largest absolute Gasteiger partial charge is 0.490 e. The summed E-state index contributed by atoms with van der Waals surface area (Å²) in [6, 6.07) is 0.998. The van der Waals surface area contributed by atoms with Crippen molar-refractivity contribution in [3.63, 3.8) is 0 Å². The van der Waals surface area contributed by atoms with E-state index in [4.69, 9.17) is 26.8 Å². The number of nitrogens with two attached hydrogens (primary N) is 1. The van der Waals surface area contributed by atoms with Crippen LogP contribution in [0.5, 0.6) is 5.75 Å². The number of nitrogens with one attached hydrogen (secondary N) is 1. The number of carbonyl (C=O) groups excluding carboxylic acids is 1. The summed E-state index contributed by atoms with van der Waals surface area (Å²) in [5.74, 6) is 0.0248. The summed E-state index contributed by atoms with van der Waals surface area (Å²) < 4.78 is 50.9. The van der Waals surface area contributed by atoms with Gasteiger partial charge in [-0.25, -0.2) is 9.78 Å². The molecule has 0 saturated carbocycles. The van der Waals surface area contributed by atoms with Crippen LogP contribution < -0.4 is 15.8 Å². The van der Waals surface area contributed by atoms with Gasteiger partial charge >= 0.3 is 12.3 Å². The Balaban J connectivity index is 2.54. The Labute approximate surface area is 165 Å². The van der Waals surface area contributed by atoms with Gasteiger partial charge in [-0.2, -0.15) is 13.2 Å². The quantitative estimate of drug-likeness (QED) is 0.643. The van der Waals surface area contributed by atoms with Crippen LogP contribution in [0.15, 0.2) is 6.07 Å². The molecule has 2 heterocycles. The Morgan fingerprint density at radius 1 is 1.46 bits per heavy atom. The van der Waals surface area contributed by atoms with E-state index >= 15 is 0 Å². The predicted octanol–water partition coefficient (Wildman–Crippen LogP) is 2.97. The molecule has 158 valence electrons. The molecule has 1 unspecified atom stereocenters. The third-order valence-corrected chi connectivity index (χ3v) is 4.60. The predicted molar refractivity (Wildman–Crippen MR) is 95.1 cm³/mol. The molecule has 2 atom stereocenters. The number of aromatic nitrogens is 1. The zero-order valence-corrected chi connectivity index (χ0v) is 16.7. The van der Waals surface area contributed by atoms with Crippen molar-refractivity contribution in [1.29, 1.82) is 0 Å². The van der Waals surface area contributed by atoms with E-state index < -0.39 is 41.2 Å². The average molecular weight is 426 g/mol. The molecule has 0 aliphatic carbocycles. The van der Waals surface area contributed by atoms with E-state index in [0.717, 1.165) is 6.07 Å². The number of hydrogen-bond donors (Lipinski definition) is 3. The van der Waals surface area contributed by atoms with Crippen LogP contribution in [0, 0.1) is 0 Å². The molecule has 2 rings (SSSR count). The first-order chi connectivity index (χ1) is 12.6. The minimum Gasteiger partial charge on any atom is -0.490 e. The summed E-state index contributed by atoms with van der Waals surface area (Å²) in [6.45, 7) is 5.60. The molecule has 1 aromatic rings. The summed E-state index contributed by atoms with van der Waals surface area (Å²) in [4.78, 5) is 15.9. The van der Waals surface area contributed by atoms with E-state index in [-0.39, 0.29) is 29.5 Å². The molecule has 0 bridgehead atoms. The normalized spacial score (nSPS) is 21.9. The number of halogens is 4. The number of alkyl carbamates (subject to hydrolysis) is 1. The van der Waals surface area contributed by atoms with Crippen LogP contribution in [0.1, 0.15) is 45.4 Å². The molecule has 7 nitrogen and oxygen atoms in total. The van der Waals surface area contributed by atoms with Crippen LogP contribution in [0.25, 0.3) is 0 Å². The minimum atomic E-state index is -5.09. The van der Waals surface area contributed by atoms with Gasteiger partial charge in [0.1, 0.15) is 5.60 Å². The van der Waals surface area contributed by atoms with Crippen molar-refractivity contribution in [2.45, 2.75) is 57.0 Å². The Hall–Kier alpha value is -1.78. The Morgan fingerprint density at radius 3 is 2.57 bits per heavy atom. The Morgan fingerprint density at radius 2 is 2.07 bits per heavy atom. The monoisotopic (exact) mass is 425 g/mol. The summed E-state index contributed by atoms with van der Waals surface area (Å²) in [5.41, 5.74) is -0.801. The number of alkyl halides is 3. The van der Waals surface area contributed by atoms with Crippen molar-refractivity contribution in [3.8, 4) is 5.75 Å². The average Bonchev–Trinajstić information content (AvgIpc) is 2.51. The van der Waals surface area contributed by atoms with Crippen molar-refractivity contribution in [2.24, 2.45) is 5.73 Å². The molecule has 1 amide bonds. The van der Waals surface area contributed by atoms with Gasteiger partial charge in [0.25, 0.3) is 0 Å². The third kappa shape index (κ3) is 4.28. The zero-order valence-electron chi connectivity index (χ0n) is 15.9. The number of aliphatic hydroxyl groups is 1. The summed E-state index contributed by atoms with van der Waals surface area (Å²) >= 11 is 6.03. The lowest BCUT2D eigenvalue weighted by Crippen LogP contribution is -2.51. The molecule has 1 aromatic heterocycles. The molecular weight excluding hydrogens is 403 g/mol. The second-order valence-corrected chi connectivity index (χ2v) is 8.15. The first kappa shape index (κ1) is 22.5. The van der Waals surface area contributed by atoms with Gasteiger partial charge in [-0.1, -0.05) is 11.6 Å². The van der Waals surface area contributed by atoms with Gasteiger partial charge < -0.3 is 25.6 Å². The number of carbonyl (C=O) groups is 1. The molecule has 0 spiro atoms. The number of rotatable bonds is 3. The highest BCUT2D eigenvalue weighted by atomic mass is 35.5. The molecule has 1 aliphatic heterocycles. The van der Waals surface area contributed by atoms with Crippen LogP contribution in [0.4, 0.5) is 18.0 Å². The molecule has 0 saturated heterocycles. The Kier molecular flexibility index (Phi) is 5.82. The van der Waals surface area contributed by atoms with Crippen molar-refractivity contribution in [2.75, 3.05) is 13.2 Å². The van der Waals surface area contributed by atoms with Gasteiger partial charge in [-0.3, -0.25) is 0 Å². The summed E-state index contributed by atoms with van der Waals surface area (Å²) in [7, 11) is 0.